The molecule has 0 aliphatic heterocycles. The molecular formula is C19H34O2. The monoisotopic (exact) mass is 294 g/mol. The van der Waals surface area contributed by atoms with Crippen LogP contribution in [0, 0.1) is 5.92 Å². The van der Waals surface area contributed by atoms with Gasteiger partial charge in [0.15, 0.2) is 0 Å². The molecule has 0 bridgehead atoms. The average molecular weight is 294 g/mol. The minimum Gasteiger partial charge on any atom is -0.251 e. The van der Waals surface area contributed by atoms with Crippen molar-refractivity contribution in [2.45, 2.75) is 90.1 Å². The van der Waals surface area contributed by atoms with Gasteiger partial charge >= 0.3 is 0 Å². The van der Waals surface area contributed by atoms with Crippen molar-refractivity contribution in [3.05, 3.63) is 24.3 Å². The standard InChI is InChI=1S/C19H34O2/c1-3-4-5-6-7-8-9-10-11-13-16-19(21-20)17-14-12-15-18(19)2/h12,14-15,17-18,20H,3-11,13,16H2,1-2H3. The van der Waals surface area contributed by atoms with E-state index in [2.05, 4.69) is 19.9 Å². The summed E-state index contributed by atoms with van der Waals surface area (Å²) in [6.07, 6.45) is 22.4. The molecule has 1 rings (SSSR count). The van der Waals surface area contributed by atoms with Crippen LogP contribution in [0.1, 0.15) is 84.5 Å². The first-order valence-electron chi connectivity index (χ1n) is 8.94. The molecule has 1 aliphatic carbocycles. The number of rotatable bonds is 12. The zero-order valence-electron chi connectivity index (χ0n) is 14.0. The highest BCUT2D eigenvalue weighted by molar-refractivity contribution is 5.21. The molecule has 2 unspecified atom stereocenters. The highest BCUT2D eigenvalue weighted by Gasteiger charge is 2.34. The Hall–Kier alpha value is -0.600. The molecule has 1 aliphatic rings. The first kappa shape index (κ1) is 18.4. The van der Waals surface area contributed by atoms with Gasteiger partial charge < -0.3 is 0 Å². The van der Waals surface area contributed by atoms with Crippen molar-refractivity contribution in [2.24, 2.45) is 5.92 Å². The molecule has 0 aromatic carbocycles. The lowest BCUT2D eigenvalue weighted by molar-refractivity contribution is -0.318. The highest BCUT2D eigenvalue weighted by Crippen LogP contribution is 2.32. The Bertz CT molecular complexity index is 309. The van der Waals surface area contributed by atoms with E-state index in [1.807, 2.05) is 18.2 Å². The SMILES string of the molecule is CCCCCCCCCCCCC1(OO)C=CC=CC1C. The Morgan fingerprint density at radius 3 is 2.00 bits per heavy atom. The molecule has 21 heavy (non-hydrogen) atoms. The summed E-state index contributed by atoms with van der Waals surface area (Å²) in [6, 6.07) is 0. The lowest BCUT2D eigenvalue weighted by Gasteiger charge is -2.33. The van der Waals surface area contributed by atoms with E-state index in [1.54, 1.807) is 0 Å². The van der Waals surface area contributed by atoms with Crippen molar-refractivity contribution >= 4 is 0 Å². The molecule has 0 saturated carbocycles. The van der Waals surface area contributed by atoms with E-state index in [0.717, 1.165) is 12.8 Å². The highest BCUT2D eigenvalue weighted by atomic mass is 17.1. The predicted molar refractivity (Wildman–Crippen MR) is 90.3 cm³/mol. The van der Waals surface area contributed by atoms with E-state index in [4.69, 9.17) is 4.89 Å². The molecule has 0 heterocycles. The van der Waals surface area contributed by atoms with E-state index >= 15 is 0 Å². The Morgan fingerprint density at radius 2 is 1.48 bits per heavy atom. The Labute approximate surface area is 131 Å². The Kier molecular flexibility index (Phi) is 9.69. The van der Waals surface area contributed by atoms with Gasteiger partial charge in [0.05, 0.1) is 0 Å². The van der Waals surface area contributed by atoms with Crippen LogP contribution in [0.5, 0.6) is 0 Å². The minimum atomic E-state index is -0.491. The van der Waals surface area contributed by atoms with Gasteiger partial charge in [-0.2, -0.15) is 0 Å². The van der Waals surface area contributed by atoms with Gasteiger partial charge in [-0.25, -0.2) is 4.89 Å². The molecule has 0 spiro atoms. The van der Waals surface area contributed by atoms with Crippen LogP contribution in [0.3, 0.4) is 0 Å². The fraction of sp³-hybridized carbons (Fsp3) is 0.789. The fourth-order valence-corrected chi connectivity index (χ4v) is 3.12. The summed E-state index contributed by atoms with van der Waals surface area (Å²) in [7, 11) is 0. The Morgan fingerprint density at radius 1 is 0.905 bits per heavy atom. The first-order valence-corrected chi connectivity index (χ1v) is 8.94. The van der Waals surface area contributed by atoms with Gasteiger partial charge in [-0.15, -0.1) is 0 Å². The zero-order chi connectivity index (χ0) is 15.4. The van der Waals surface area contributed by atoms with Crippen molar-refractivity contribution in [2.75, 3.05) is 0 Å². The van der Waals surface area contributed by atoms with Crippen molar-refractivity contribution < 1.29 is 10.1 Å². The predicted octanol–water partition coefficient (Wildman–Crippen LogP) is 6.29. The van der Waals surface area contributed by atoms with E-state index < -0.39 is 5.60 Å². The van der Waals surface area contributed by atoms with Crippen molar-refractivity contribution in [1.82, 2.24) is 0 Å². The normalized spacial score (nSPS) is 24.6. The van der Waals surface area contributed by atoms with E-state index in [9.17, 15) is 5.26 Å². The number of hydrogen-bond donors (Lipinski definition) is 1. The summed E-state index contributed by atoms with van der Waals surface area (Å²) >= 11 is 0. The molecule has 0 aromatic rings. The number of allylic oxidation sites excluding steroid dienone is 2. The Balaban J connectivity index is 2.03. The number of hydrogen-bond acceptors (Lipinski definition) is 2. The van der Waals surface area contributed by atoms with E-state index in [1.165, 1.54) is 57.8 Å². The van der Waals surface area contributed by atoms with E-state index in [0.29, 0.717) is 0 Å². The average Bonchev–Trinajstić information content (AvgIpc) is 2.51. The van der Waals surface area contributed by atoms with Gasteiger partial charge in [-0.1, -0.05) is 96.3 Å². The van der Waals surface area contributed by atoms with Crippen LogP contribution in [0.4, 0.5) is 0 Å². The molecule has 122 valence electrons. The maximum atomic E-state index is 9.27. The van der Waals surface area contributed by atoms with Crippen LogP contribution in [0.2, 0.25) is 0 Å². The summed E-state index contributed by atoms with van der Waals surface area (Å²) in [5.41, 5.74) is -0.491. The van der Waals surface area contributed by atoms with Gasteiger partial charge in [0.25, 0.3) is 0 Å². The van der Waals surface area contributed by atoms with Gasteiger partial charge in [0, 0.05) is 5.92 Å². The summed E-state index contributed by atoms with van der Waals surface area (Å²) < 4.78 is 0. The molecular weight excluding hydrogens is 260 g/mol. The molecule has 2 heteroatoms. The summed E-state index contributed by atoms with van der Waals surface area (Å²) in [5, 5.41) is 9.27. The van der Waals surface area contributed by atoms with Gasteiger partial charge in [0.1, 0.15) is 5.60 Å². The van der Waals surface area contributed by atoms with Gasteiger partial charge in [-0.3, -0.25) is 5.26 Å². The summed E-state index contributed by atoms with van der Waals surface area (Å²) in [4.78, 5) is 4.84. The van der Waals surface area contributed by atoms with Crippen molar-refractivity contribution in [3.63, 3.8) is 0 Å². The molecule has 1 N–H and O–H groups in total. The molecule has 0 fully saturated rings. The van der Waals surface area contributed by atoms with Crippen LogP contribution in [0.15, 0.2) is 24.3 Å². The fourth-order valence-electron chi connectivity index (χ4n) is 3.12. The summed E-state index contributed by atoms with van der Waals surface area (Å²) in [6.45, 7) is 4.37. The second kappa shape index (κ2) is 11.0. The lowest BCUT2D eigenvalue weighted by atomic mass is 9.81. The lowest BCUT2D eigenvalue weighted by Crippen LogP contribution is -2.37. The molecule has 0 amide bonds. The van der Waals surface area contributed by atoms with Crippen LogP contribution >= 0.6 is 0 Å². The maximum Gasteiger partial charge on any atom is 0.128 e. The van der Waals surface area contributed by atoms with Crippen LogP contribution in [0.25, 0.3) is 0 Å². The topological polar surface area (TPSA) is 29.5 Å². The molecule has 0 radical (unpaired) electrons. The second-order valence-electron chi connectivity index (χ2n) is 6.51. The third kappa shape index (κ3) is 6.80. The van der Waals surface area contributed by atoms with Crippen LogP contribution in [-0.2, 0) is 4.89 Å². The molecule has 2 nitrogen and oxygen atoms in total. The van der Waals surface area contributed by atoms with Crippen LogP contribution < -0.4 is 0 Å². The molecule has 0 saturated heterocycles. The minimum absolute atomic E-state index is 0.242. The summed E-state index contributed by atoms with van der Waals surface area (Å²) in [5.74, 6) is 0.242. The largest absolute Gasteiger partial charge is 0.251 e. The third-order valence-electron chi connectivity index (χ3n) is 4.75. The smallest absolute Gasteiger partial charge is 0.128 e. The van der Waals surface area contributed by atoms with E-state index in [-0.39, 0.29) is 5.92 Å². The van der Waals surface area contributed by atoms with Crippen molar-refractivity contribution in [1.29, 1.82) is 0 Å². The van der Waals surface area contributed by atoms with Crippen LogP contribution in [-0.4, -0.2) is 10.9 Å². The second-order valence-corrected chi connectivity index (χ2v) is 6.51. The zero-order valence-corrected chi connectivity index (χ0v) is 14.0. The van der Waals surface area contributed by atoms with Gasteiger partial charge in [0.2, 0.25) is 0 Å². The molecule has 0 aromatic heterocycles. The quantitative estimate of drug-likeness (QED) is 0.260. The van der Waals surface area contributed by atoms with Gasteiger partial charge in [-0.05, 0) is 12.5 Å². The first-order chi connectivity index (χ1) is 10.2. The van der Waals surface area contributed by atoms with Crippen molar-refractivity contribution in [3.8, 4) is 0 Å². The third-order valence-corrected chi connectivity index (χ3v) is 4.75. The number of unbranched alkanes of at least 4 members (excludes halogenated alkanes) is 9. The molecule has 2 atom stereocenters. The maximum absolute atomic E-state index is 9.27.